The number of unbranched alkanes of at least 4 members (excludes halogenated alkanes) is 15. The molecule has 0 bridgehead atoms. The summed E-state index contributed by atoms with van der Waals surface area (Å²) in [5.41, 5.74) is 0. The van der Waals surface area contributed by atoms with Gasteiger partial charge in [0.2, 0.25) is 0 Å². The van der Waals surface area contributed by atoms with Crippen molar-refractivity contribution in [2.75, 3.05) is 33.3 Å². The highest BCUT2D eigenvalue weighted by Crippen LogP contribution is 2.42. The molecule has 0 aromatic rings. The lowest BCUT2D eigenvalue weighted by Crippen LogP contribution is -2.51. The minimum Gasteiger partial charge on any atom is -0.756 e. The lowest BCUT2D eigenvalue weighted by molar-refractivity contribution is -0.915. The fourth-order valence-corrected chi connectivity index (χ4v) is 5.92. The zero-order chi connectivity index (χ0) is 24.3. The Labute approximate surface area is 206 Å². The molecule has 0 aromatic heterocycles. The van der Waals surface area contributed by atoms with E-state index >= 15 is 0 Å². The van der Waals surface area contributed by atoms with Crippen molar-refractivity contribution in [3.8, 4) is 0 Å². The van der Waals surface area contributed by atoms with Crippen molar-refractivity contribution in [3.63, 3.8) is 0 Å². The first-order chi connectivity index (χ1) is 15.9. The average molecular weight is 490 g/mol. The molecule has 1 saturated heterocycles. The molecule has 33 heavy (non-hydrogen) atoms. The fraction of sp³-hybridized carbons (Fsp3) is 1.00. The normalized spacial score (nSPS) is 23.0. The molecule has 0 aromatic carbocycles. The lowest BCUT2D eigenvalue weighted by atomic mass is 10.0. The van der Waals surface area contributed by atoms with Gasteiger partial charge >= 0.3 is 0 Å². The van der Waals surface area contributed by atoms with Gasteiger partial charge in [-0.05, 0) is 19.3 Å². The number of nitrogens with zero attached hydrogens (tertiary/aromatic N) is 1. The standard InChI is InChI=1S/C27H56NO4P/c1-4-6-8-9-10-11-12-13-14-15-16-17-18-20-26-31-33(29,30)32-27-21-24-28(3,25-22-27)23-19-7-5-2/h27H,4-26H2,1-3H3. The van der Waals surface area contributed by atoms with Gasteiger partial charge in [0.1, 0.15) is 0 Å². The van der Waals surface area contributed by atoms with E-state index in [2.05, 4.69) is 20.9 Å². The highest BCUT2D eigenvalue weighted by Gasteiger charge is 2.31. The first kappa shape index (κ1) is 31.1. The smallest absolute Gasteiger partial charge is 0.268 e. The Bertz CT molecular complexity index is 495. The Morgan fingerprint density at radius 1 is 0.727 bits per heavy atom. The largest absolute Gasteiger partial charge is 0.756 e. The quantitative estimate of drug-likeness (QED) is 0.0885. The summed E-state index contributed by atoms with van der Waals surface area (Å²) in [5, 5.41) is 0. The van der Waals surface area contributed by atoms with Crippen molar-refractivity contribution >= 4 is 7.82 Å². The minimum atomic E-state index is -4.17. The summed E-state index contributed by atoms with van der Waals surface area (Å²) in [6.07, 6.45) is 23.2. The van der Waals surface area contributed by atoms with E-state index in [-0.39, 0.29) is 12.7 Å². The van der Waals surface area contributed by atoms with Crippen molar-refractivity contribution in [1.82, 2.24) is 0 Å². The second-order valence-electron chi connectivity index (χ2n) is 10.7. The summed E-state index contributed by atoms with van der Waals surface area (Å²) in [4.78, 5) is 12.2. The zero-order valence-corrected chi connectivity index (χ0v) is 23.3. The monoisotopic (exact) mass is 489 g/mol. The highest BCUT2D eigenvalue weighted by molar-refractivity contribution is 7.45. The molecule has 1 atom stereocenters. The first-order valence-corrected chi connectivity index (χ1v) is 15.8. The Kier molecular flexibility index (Phi) is 18.2. The Morgan fingerprint density at radius 3 is 1.64 bits per heavy atom. The molecule has 1 aliphatic rings. The molecule has 1 unspecified atom stereocenters. The molecule has 1 fully saturated rings. The van der Waals surface area contributed by atoms with E-state index in [9.17, 15) is 9.46 Å². The van der Waals surface area contributed by atoms with Crippen LogP contribution in [0.4, 0.5) is 0 Å². The molecule has 1 aliphatic heterocycles. The molecule has 1 rings (SSSR count). The van der Waals surface area contributed by atoms with E-state index in [1.807, 2.05) is 0 Å². The summed E-state index contributed by atoms with van der Waals surface area (Å²) >= 11 is 0. The molecule has 1 heterocycles. The van der Waals surface area contributed by atoms with Crippen LogP contribution in [0.3, 0.4) is 0 Å². The lowest BCUT2D eigenvalue weighted by Gasteiger charge is -2.41. The second-order valence-corrected chi connectivity index (χ2v) is 12.0. The van der Waals surface area contributed by atoms with Crippen LogP contribution in [0.1, 0.15) is 136 Å². The topological polar surface area (TPSA) is 58.6 Å². The van der Waals surface area contributed by atoms with Crippen LogP contribution in [0.15, 0.2) is 0 Å². The zero-order valence-electron chi connectivity index (χ0n) is 22.4. The maximum Gasteiger partial charge on any atom is 0.268 e. The predicted molar refractivity (Wildman–Crippen MR) is 138 cm³/mol. The van der Waals surface area contributed by atoms with E-state index < -0.39 is 7.82 Å². The number of hydrogen-bond donors (Lipinski definition) is 0. The van der Waals surface area contributed by atoms with Crippen LogP contribution in [-0.2, 0) is 13.6 Å². The summed E-state index contributed by atoms with van der Waals surface area (Å²) in [6.45, 7) is 7.93. The van der Waals surface area contributed by atoms with Gasteiger partial charge in [-0.2, -0.15) is 0 Å². The number of quaternary nitrogens is 1. The Morgan fingerprint density at radius 2 is 1.15 bits per heavy atom. The van der Waals surface area contributed by atoms with Crippen LogP contribution in [0.2, 0.25) is 0 Å². The average Bonchev–Trinajstić information content (AvgIpc) is 2.78. The van der Waals surface area contributed by atoms with Crippen molar-refractivity contribution in [1.29, 1.82) is 0 Å². The Balaban J connectivity index is 1.95. The van der Waals surface area contributed by atoms with Crippen LogP contribution in [0.25, 0.3) is 0 Å². The van der Waals surface area contributed by atoms with Gasteiger partial charge in [0.05, 0.1) is 39.4 Å². The highest BCUT2D eigenvalue weighted by atomic mass is 31.2. The minimum absolute atomic E-state index is 0.206. The molecule has 198 valence electrons. The van der Waals surface area contributed by atoms with Gasteiger partial charge in [-0.3, -0.25) is 4.57 Å². The van der Waals surface area contributed by atoms with E-state index in [1.54, 1.807) is 0 Å². The molecule has 0 radical (unpaired) electrons. The van der Waals surface area contributed by atoms with Crippen molar-refractivity contribution in [3.05, 3.63) is 0 Å². The molecular formula is C27H56NO4P. The van der Waals surface area contributed by atoms with Gasteiger partial charge < -0.3 is 18.4 Å². The number of piperidine rings is 1. The van der Waals surface area contributed by atoms with E-state index in [0.29, 0.717) is 0 Å². The van der Waals surface area contributed by atoms with Crippen molar-refractivity contribution in [2.24, 2.45) is 0 Å². The summed E-state index contributed by atoms with van der Waals surface area (Å²) < 4.78 is 23.8. The number of phosphoric acid groups is 1. The second kappa shape index (κ2) is 19.3. The van der Waals surface area contributed by atoms with Crippen LogP contribution in [-0.4, -0.2) is 43.9 Å². The molecule has 0 amide bonds. The SMILES string of the molecule is CCCCCCCCCCCCCCCCOP(=O)([O-])OC1CC[N+](C)(CCCCC)CC1. The van der Waals surface area contributed by atoms with Crippen molar-refractivity contribution in [2.45, 2.75) is 142 Å². The van der Waals surface area contributed by atoms with E-state index in [0.717, 1.165) is 43.3 Å². The molecule has 0 aliphatic carbocycles. The molecule has 6 heteroatoms. The maximum absolute atomic E-state index is 12.2. The molecule has 0 saturated carbocycles. The summed E-state index contributed by atoms with van der Waals surface area (Å²) in [5.74, 6) is 0. The number of rotatable bonds is 22. The molecule has 0 spiro atoms. The molecular weight excluding hydrogens is 433 g/mol. The van der Waals surface area contributed by atoms with Gasteiger partial charge in [0, 0.05) is 12.8 Å². The van der Waals surface area contributed by atoms with Gasteiger partial charge in [0.25, 0.3) is 7.82 Å². The summed E-state index contributed by atoms with van der Waals surface area (Å²) in [7, 11) is -1.89. The van der Waals surface area contributed by atoms with Crippen LogP contribution >= 0.6 is 7.82 Å². The maximum atomic E-state index is 12.2. The predicted octanol–water partition coefficient (Wildman–Crippen LogP) is 7.77. The third-order valence-corrected chi connectivity index (χ3v) is 8.36. The van der Waals surface area contributed by atoms with Crippen LogP contribution in [0, 0.1) is 0 Å². The van der Waals surface area contributed by atoms with Gasteiger partial charge in [0.15, 0.2) is 0 Å². The third kappa shape index (κ3) is 17.2. The van der Waals surface area contributed by atoms with Gasteiger partial charge in [-0.15, -0.1) is 0 Å². The number of hydrogen-bond acceptors (Lipinski definition) is 4. The Hall–Kier alpha value is 0.0700. The van der Waals surface area contributed by atoms with E-state index in [1.165, 1.54) is 103 Å². The van der Waals surface area contributed by atoms with Gasteiger partial charge in [-0.1, -0.05) is 104 Å². The first-order valence-electron chi connectivity index (χ1n) is 14.4. The molecule has 0 N–H and O–H groups in total. The van der Waals surface area contributed by atoms with Crippen LogP contribution in [0.5, 0.6) is 0 Å². The third-order valence-electron chi connectivity index (χ3n) is 7.31. The number of likely N-dealkylation sites (tertiary alicyclic amines) is 1. The summed E-state index contributed by atoms with van der Waals surface area (Å²) in [6, 6.07) is 0. The molecule has 5 nitrogen and oxygen atoms in total. The number of phosphoric ester groups is 1. The van der Waals surface area contributed by atoms with E-state index in [4.69, 9.17) is 9.05 Å². The van der Waals surface area contributed by atoms with Crippen LogP contribution < -0.4 is 4.89 Å². The van der Waals surface area contributed by atoms with Gasteiger partial charge in [-0.25, -0.2) is 0 Å². The van der Waals surface area contributed by atoms with Crippen molar-refractivity contribution < 1.29 is 23.0 Å². The fourth-order valence-electron chi connectivity index (χ4n) is 4.93.